The molecule has 8 heteroatoms. The Balaban J connectivity index is 2.46. The molecule has 1 aliphatic heterocycles. The lowest BCUT2D eigenvalue weighted by Gasteiger charge is -2.22. The Kier molecular flexibility index (Phi) is 5.84. The summed E-state index contributed by atoms with van der Waals surface area (Å²) < 4.78 is 35.7. The van der Waals surface area contributed by atoms with Crippen LogP contribution in [-0.2, 0) is 24.3 Å². The second-order valence-electron chi connectivity index (χ2n) is 3.70. The highest BCUT2D eigenvalue weighted by atomic mass is 79.9. The largest absolute Gasteiger partial charge is 0.468 e. The van der Waals surface area contributed by atoms with Gasteiger partial charge in [-0.15, -0.1) is 0 Å². The molecule has 1 rings (SSSR count). The van der Waals surface area contributed by atoms with Crippen LogP contribution in [-0.4, -0.2) is 51.3 Å². The zero-order chi connectivity index (χ0) is 12.9. The van der Waals surface area contributed by atoms with Crippen LogP contribution in [0.2, 0.25) is 0 Å². The second-order valence-corrected chi connectivity index (χ2v) is 6.85. The minimum Gasteiger partial charge on any atom is -0.468 e. The van der Waals surface area contributed by atoms with E-state index >= 15 is 0 Å². The van der Waals surface area contributed by atoms with Crippen molar-refractivity contribution in [2.45, 2.75) is 22.9 Å². The highest BCUT2D eigenvalue weighted by Crippen LogP contribution is 2.15. The Morgan fingerprint density at radius 3 is 2.65 bits per heavy atom. The average molecular weight is 330 g/mol. The predicted molar refractivity (Wildman–Crippen MR) is 65.5 cm³/mol. The number of rotatable bonds is 5. The molecule has 1 atom stereocenters. The van der Waals surface area contributed by atoms with Crippen LogP contribution in [0.25, 0.3) is 0 Å². The summed E-state index contributed by atoms with van der Waals surface area (Å²) in [5.74, 6) is -0.500. The quantitative estimate of drug-likeness (QED) is 0.568. The van der Waals surface area contributed by atoms with Gasteiger partial charge in [-0.2, -0.15) is 0 Å². The summed E-state index contributed by atoms with van der Waals surface area (Å²) in [4.78, 5) is 10.4. The molecular formula is C9H16BrNO5S. The molecule has 0 aromatic heterocycles. The van der Waals surface area contributed by atoms with Gasteiger partial charge in [0.2, 0.25) is 10.0 Å². The third-order valence-electron chi connectivity index (χ3n) is 2.53. The van der Waals surface area contributed by atoms with Crippen LogP contribution >= 0.6 is 15.9 Å². The van der Waals surface area contributed by atoms with E-state index in [9.17, 15) is 13.2 Å². The summed E-state index contributed by atoms with van der Waals surface area (Å²) in [6.45, 7) is 0.910. The highest BCUT2D eigenvalue weighted by Gasteiger charge is 2.28. The average Bonchev–Trinajstić information content (AvgIpc) is 2.36. The van der Waals surface area contributed by atoms with Crippen LogP contribution in [0.4, 0.5) is 0 Å². The fourth-order valence-corrected chi connectivity index (χ4v) is 3.52. The molecule has 100 valence electrons. The molecule has 0 bridgehead atoms. The molecule has 0 amide bonds. The molecule has 6 nitrogen and oxygen atoms in total. The fraction of sp³-hybridized carbons (Fsp3) is 0.889. The molecule has 1 fully saturated rings. The first-order valence-electron chi connectivity index (χ1n) is 5.25. The van der Waals surface area contributed by atoms with Gasteiger partial charge in [-0.3, -0.25) is 4.79 Å². The SMILES string of the molecule is COC(=O)C(Br)CNS(=O)(=O)C1CCOCC1. The predicted octanol–water partition coefficient (Wildman–Crippen LogP) is 0.0213. The van der Waals surface area contributed by atoms with Crippen molar-refractivity contribution in [1.82, 2.24) is 4.72 Å². The summed E-state index contributed by atoms with van der Waals surface area (Å²) in [6.07, 6.45) is 0.973. The van der Waals surface area contributed by atoms with Crippen LogP contribution in [0, 0.1) is 0 Å². The smallest absolute Gasteiger partial charge is 0.320 e. The third-order valence-corrected chi connectivity index (χ3v) is 5.14. The van der Waals surface area contributed by atoms with E-state index < -0.39 is 26.1 Å². The van der Waals surface area contributed by atoms with E-state index in [-0.39, 0.29) is 6.54 Å². The fourth-order valence-electron chi connectivity index (χ4n) is 1.50. The van der Waals surface area contributed by atoms with Crippen molar-refractivity contribution in [3.63, 3.8) is 0 Å². The minimum atomic E-state index is -3.39. The number of alkyl halides is 1. The zero-order valence-corrected chi connectivity index (χ0v) is 11.9. The molecule has 0 spiro atoms. The first-order chi connectivity index (χ1) is 7.97. The minimum absolute atomic E-state index is 0.00758. The lowest BCUT2D eigenvalue weighted by molar-refractivity contribution is -0.139. The molecule has 0 aromatic carbocycles. The highest BCUT2D eigenvalue weighted by molar-refractivity contribution is 9.10. The van der Waals surface area contributed by atoms with Crippen molar-refractivity contribution in [3.05, 3.63) is 0 Å². The number of sulfonamides is 1. The van der Waals surface area contributed by atoms with E-state index in [0.29, 0.717) is 26.1 Å². The van der Waals surface area contributed by atoms with E-state index in [1.54, 1.807) is 0 Å². The molecule has 1 heterocycles. The number of esters is 1. The molecule has 1 N–H and O–H groups in total. The van der Waals surface area contributed by atoms with Gasteiger partial charge >= 0.3 is 5.97 Å². The van der Waals surface area contributed by atoms with E-state index in [1.807, 2.05) is 0 Å². The van der Waals surface area contributed by atoms with Gasteiger partial charge < -0.3 is 9.47 Å². The maximum Gasteiger partial charge on any atom is 0.320 e. The maximum absolute atomic E-state index is 11.9. The number of carbonyl (C=O) groups is 1. The normalized spacial score (nSPS) is 19.9. The van der Waals surface area contributed by atoms with E-state index in [0.717, 1.165) is 0 Å². The Labute approximate surface area is 109 Å². The van der Waals surface area contributed by atoms with Crippen LogP contribution in [0.15, 0.2) is 0 Å². The van der Waals surface area contributed by atoms with Gasteiger partial charge in [-0.25, -0.2) is 13.1 Å². The molecular weight excluding hydrogens is 314 g/mol. The van der Waals surface area contributed by atoms with Crippen molar-refractivity contribution >= 4 is 31.9 Å². The summed E-state index contributed by atoms with van der Waals surface area (Å²) >= 11 is 3.05. The van der Waals surface area contributed by atoms with Crippen molar-refractivity contribution in [2.75, 3.05) is 26.9 Å². The van der Waals surface area contributed by atoms with Crippen molar-refractivity contribution < 1.29 is 22.7 Å². The van der Waals surface area contributed by atoms with Crippen LogP contribution in [0.1, 0.15) is 12.8 Å². The Bertz CT molecular complexity index is 352. The molecule has 0 saturated carbocycles. The van der Waals surface area contributed by atoms with Gasteiger partial charge in [0.1, 0.15) is 4.83 Å². The number of carbonyl (C=O) groups excluding carboxylic acids is 1. The van der Waals surface area contributed by atoms with Gasteiger partial charge in [0.25, 0.3) is 0 Å². The summed E-state index contributed by atoms with van der Waals surface area (Å²) in [5.41, 5.74) is 0. The van der Waals surface area contributed by atoms with Crippen molar-refractivity contribution in [3.8, 4) is 0 Å². The lowest BCUT2D eigenvalue weighted by Crippen LogP contribution is -2.41. The molecule has 17 heavy (non-hydrogen) atoms. The summed E-state index contributed by atoms with van der Waals surface area (Å²) in [7, 11) is -2.13. The number of hydrogen-bond acceptors (Lipinski definition) is 5. The van der Waals surface area contributed by atoms with Crippen LogP contribution in [0.3, 0.4) is 0 Å². The monoisotopic (exact) mass is 329 g/mol. The molecule has 1 aliphatic rings. The van der Waals surface area contributed by atoms with Gasteiger partial charge in [-0.05, 0) is 12.8 Å². The molecule has 0 aromatic rings. The zero-order valence-electron chi connectivity index (χ0n) is 9.52. The van der Waals surface area contributed by atoms with Crippen molar-refractivity contribution in [1.29, 1.82) is 0 Å². The van der Waals surface area contributed by atoms with E-state index in [4.69, 9.17) is 4.74 Å². The summed E-state index contributed by atoms with van der Waals surface area (Å²) in [6, 6.07) is 0. The van der Waals surface area contributed by atoms with Gasteiger partial charge in [0.05, 0.1) is 12.4 Å². The number of halogens is 1. The molecule has 1 saturated heterocycles. The third kappa shape index (κ3) is 4.53. The number of nitrogens with one attached hydrogen (secondary N) is 1. The van der Waals surface area contributed by atoms with E-state index in [1.165, 1.54) is 7.11 Å². The first kappa shape index (κ1) is 14.9. The number of ether oxygens (including phenoxy) is 2. The standard InChI is InChI=1S/C9H16BrNO5S/c1-15-9(12)8(10)6-11-17(13,14)7-2-4-16-5-3-7/h7-8,11H,2-6H2,1H3. The Morgan fingerprint density at radius 2 is 2.12 bits per heavy atom. The lowest BCUT2D eigenvalue weighted by atomic mass is 10.2. The van der Waals surface area contributed by atoms with Gasteiger partial charge in [0.15, 0.2) is 0 Å². The second kappa shape index (κ2) is 6.67. The van der Waals surface area contributed by atoms with Crippen LogP contribution < -0.4 is 4.72 Å². The topological polar surface area (TPSA) is 81.7 Å². The molecule has 1 unspecified atom stereocenters. The summed E-state index contributed by atoms with van der Waals surface area (Å²) in [5, 5.41) is -0.436. The van der Waals surface area contributed by atoms with E-state index in [2.05, 4.69) is 25.4 Å². The first-order valence-corrected chi connectivity index (χ1v) is 7.71. The van der Waals surface area contributed by atoms with Gasteiger partial charge in [-0.1, -0.05) is 15.9 Å². The maximum atomic E-state index is 11.9. The molecule has 0 aliphatic carbocycles. The van der Waals surface area contributed by atoms with Crippen LogP contribution in [0.5, 0.6) is 0 Å². The number of methoxy groups -OCH3 is 1. The Morgan fingerprint density at radius 1 is 1.53 bits per heavy atom. The van der Waals surface area contributed by atoms with Gasteiger partial charge in [0, 0.05) is 19.8 Å². The Hall–Kier alpha value is -0.180. The number of hydrogen-bond donors (Lipinski definition) is 1. The molecule has 0 radical (unpaired) electrons. The van der Waals surface area contributed by atoms with Crippen molar-refractivity contribution in [2.24, 2.45) is 0 Å².